The molecule has 0 saturated carbocycles. The van der Waals surface area contributed by atoms with Gasteiger partial charge < -0.3 is 19.3 Å². The smallest absolute Gasteiger partial charge is 0.331 e. The largest absolute Gasteiger partial charge is 0.478 e. The fraction of sp³-hybridized carbons (Fsp3) is 0.600. The Morgan fingerprint density at radius 1 is 1.38 bits per heavy atom. The number of carboxylic acids is 1. The molecule has 0 spiro atoms. The summed E-state index contributed by atoms with van der Waals surface area (Å²) in [5.74, 6) is -1.80. The number of rotatable bonds is 6. The lowest BCUT2D eigenvalue weighted by atomic mass is 10.2. The predicted octanol–water partition coefficient (Wildman–Crippen LogP) is -0.273. The molecule has 0 aromatic heterocycles. The van der Waals surface area contributed by atoms with Gasteiger partial charge in [0.05, 0.1) is 19.6 Å². The van der Waals surface area contributed by atoms with E-state index in [9.17, 15) is 9.59 Å². The van der Waals surface area contributed by atoms with Crippen LogP contribution in [0.1, 0.15) is 6.42 Å². The van der Waals surface area contributed by atoms with Crippen molar-refractivity contribution in [3.63, 3.8) is 0 Å². The summed E-state index contributed by atoms with van der Waals surface area (Å²) in [6.45, 7) is 4.37. The quantitative estimate of drug-likeness (QED) is 0.382. The third kappa shape index (κ3) is 2.80. The zero-order valence-electron chi connectivity index (χ0n) is 8.55. The van der Waals surface area contributed by atoms with Crippen molar-refractivity contribution in [3.8, 4) is 0 Å². The minimum absolute atomic E-state index is 0.102. The summed E-state index contributed by atoms with van der Waals surface area (Å²) in [6, 6.07) is 0. The fourth-order valence-corrected chi connectivity index (χ4v) is 1.32. The number of carboxylic acid groups (broad SMARTS) is 1. The third-order valence-corrected chi connectivity index (χ3v) is 2.38. The molecule has 2 rings (SSSR count). The number of hydrogen-bond donors (Lipinski definition) is 1. The topological polar surface area (TPSA) is 88.7 Å². The van der Waals surface area contributed by atoms with Crippen LogP contribution in [0.4, 0.5) is 0 Å². The summed E-state index contributed by atoms with van der Waals surface area (Å²) in [5, 5.41) is 8.55. The molecule has 88 valence electrons. The second-order valence-corrected chi connectivity index (χ2v) is 3.78. The number of epoxide rings is 2. The average Bonchev–Trinajstić information content (AvgIpc) is 3.05. The molecule has 0 aromatic carbocycles. The summed E-state index contributed by atoms with van der Waals surface area (Å²) < 4.78 is 15.2. The molecule has 0 amide bonds. The van der Waals surface area contributed by atoms with Crippen molar-refractivity contribution in [3.05, 3.63) is 12.2 Å². The van der Waals surface area contributed by atoms with Gasteiger partial charge in [0.25, 0.3) is 0 Å². The Hall–Kier alpha value is -1.40. The third-order valence-electron chi connectivity index (χ3n) is 2.38. The maximum atomic E-state index is 11.4. The zero-order chi connectivity index (χ0) is 11.7. The highest BCUT2D eigenvalue weighted by atomic mass is 16.7. The van der Waals surface area contributed by atoms with Gasteiger partial charge in [-0.1, -0.05) is 6.58 Å². The molecule has 0 bridgehead atoms. The molecular weight excluding hydrogens is 216 g/mol. The number of esters is 1. The SMILES string of the molecule is C=C(CC(=O)OC(C1CO1)C1CO1)C(=O)O. The Morgan fingerprint density at radius 2 is 1.88 bits per heavy atom. The van der Waals surface area contributed by atoms with E-state index in [0.717, 1.165) is 0 Å². The van der Waals surface area contributed by atoms with Gasteiger partial charge in [-0.3, -0.25) is 4.79 Å². The normalized spacial score (nSPS) is 28.0. The second kappa shape index (κ2) is 4.23. The number of carbonyl (C=O) groups excluding carboxylic acids is 1. The lowest BCUT2D eigenvalue weighted by Gasteiger charge is -2.13. The van der Waals surface area contributed by atoms with Crippen LogP contribution in [0.15, 0.2) is 12.2 Å². The molecule has 2 aliphatic heterocycles. The summed E-state index contributed by atoms with van der Waals surface area (Å²) in [5.41, 5.74) is -0.183. The molecule has 6 heteroatoms. The first-order chi connectivity index (χ1) is 7.58. The molecule has 2 unspecified atom stereocenters. The van der Waals surface area contributed by atoms with Crippen LogP contribution in [-0.2, 0) is 23.8 Å². The average molecular weight is 228 g/mol. The maximum absolute atomic E-state index is 11.4. The summed E-state index contributed by atoms with van der Waals surface area (Å²) >= 11 is 0. The van der Waals surface area contributed by atoms with Crippen LogP contribution in [0, 0.1) is 0 Å². The lowest BCUT2D eigenvalue weighted by Crippen LogP contribution is -2.29. The van der Waals surface area contributed by atoms with Gasteiger partial charge in [0.15, 0.2) is 6.10 Å². The first kappa shape index (κ1) is 11.1. The van der Waals surface area contributed by atoms with Crippen molar-refractivity contribution in [1.29, 1.82) is 0 Å². The first-order valence-corrected chi connectivity index (χ1v) is 4.91. The van der Waals surface area contributed by atoms with Crippen LogP contribution >= 0.6 is 0 Å². The standard InChI is InChI=1S/C10H12O6/c1-5(10(12)13)2-8(11)16-9(6-3-14-6)7-4-15-7/h6-7,9H,1-4H2,(H,12,13). The Labute approximate surface area is 91.8 Å². The van der Waals surface area contributed by atoms with E-state index >= 15 is 0 Å². The van der Waals surface area contributed by atoms with Crippen LogP contribution in [-0.4, -0.2) is 48.6 Å². The van der Waals surface area contributed by atoms with E-state index in [2.05, 4.69) is 6.58 Å². The van der Waals surface area contributed by atoms with E-state index in [1.54, 1.807) is 0 Å². The number of aliphatic carboxylic acids is 1. The molecule has 0 aliphatic carbocycles. The molecule has 2 atom stereocenters. The molecule has 0 radical (unpaired) electrons. The molecule has 1 N–H and O–H groups in total. The van der Waals surface area contributed by atoms with Crippen molar-refractivity contribution in [2.45, 2.75) is 24.7 Å². The van der Waals surface area contributed by atoms with E-state index < -0.39 is 18.0 Å². The van der Waals surface area contributed by atoms with E-state index in [-0.39, 0.29) is 24.2 Å². The number of hydrogen-bond acceptors (Lipinski definition) is 5. The fourth-order valence-electron chi connectivity index (χ4n) is 1.32. The van der Waals surface area contributed by atoms with Crippen LogP contribution in [0.5, 0.6) is 0 Å². The second-order valence-electron chi connectivity index (χ2n) is 3.78. The molecule has 2 heterocycles. The molecular formula is C10H12O6. The van der Waals surface area contributed by atoms with E-state index in [4.69, 9.17) is 19.3 Å². The van der Waals surface area contributed by atoms with Gasteiger partial charge in [0.1, 0.15) is 12.2 Å². The van der Waals surface area contributed by atoms with Gasteiger partial charge in [-0.25, -0.2) is 4.79 Å². The Bertz CT molecular complexity index is 316. The van der Waals surface area contributed by atoms with Crippen molar-refractivity contribution in [2.24, 2.45) is 0 Å². The van der Waals surface area contributed by atoms with Gasteiger partial charge in [0.2, 0.25) is 0 Å². The molecule has 0 aromatic rings. The highest BCUT2D eigenvalue weighted by Gasteiger charge is 2.47. The molecule has 2 aliphatic rings. The van der Waals surface area contributed by atoms with Crippen molar-refractivity contribution in [1.82, 2.24) is 0 Å². The van der Waals surface area contributed by atoms with Crippen LogP contribution in [0.3, 0.4) is 0 Å². The van der Waals surface area contributed by atoms with Gasteiger partial charge >= 0.3 is 11.9 Å². The number of ether oxygens (including phenoxy) is 3. The van der Waals surface area contributed by atoms with Crippen LogP contribution in [0.25, 0.3) is 0 Å². The monoisotopic (exact) mass is 228 g/mol. The summed E-state index contributed by atoms with van der Waals surface area (Å²) in [6.07, 6.45) is -0.927. The van der Waals surface area contributed by atoms with Gasteiger partial charge in [-0.2, -0.15) is 0 Å². The van der Waals surface area contributed by atoms with Gasteiger partial charge in [0, 0.05) is 5.57 Å². The van der Waals surface area contributed by atoms with Gasteiger partial charge in [-0.05, 0) is 0 Å². The van der Waals surface area contributed by atoms with Crippen molar-refractivity contribution in [2.75, 3.05) is 13.2 Å². The Morgan fingerprint density at radius 3 is 2.25 bits per heavy atom. The minimum atomic E-state index is -1.20. The van der Waals surface area contributed by atoms with Gasteiger partial charge in [-0.15, -0.1) is 0 Å². The van der Waals surface area contributed by atoms with E-state index in [1.807, 2.05) is 0 Å². The molecule has 6 nitrogen and oxygen atoms in total. The highest BCUT2D eigenvalue weighted by molar-refractivity contribution is 5.91. The maximum Gasteiger partial charge on any atom is 0.331 e. The van der Waals surface area contributed by atoms with Crippen molar-refractivity contribution < 1.29 is 28.9 Å². The first-order valence-electron chi connectivity index (χ1n) is 4.91. The summed E-state index contributed by atoms with van der Waals surface area (Å²) in [7, 11) is 0. The zero-order valence-corrected chi connectivity index (χ0v) is 8.55. The van der Waals surface area contributed by atoms with Crippen LogP contribution < -0.4 is 0 Å². The number of carbonyl (C=O) groups is 2. The van der Waals surface area contributed by atoms with Crippen LogP contribution in [0.2, 0.25) is 0 Å². The highest BCUT2D eigenvalue weighted by Crippen LogP contribution is 2.28. The minimum Gasteiger partial charge on any atom is -0.478 e. The Kier molecular flexibility index (Phi) is 2.93. The predicted molar refractivity (Wildman–Crippen MR) is 50.8 cm³/mol. The Balaban J connectivity index is 1.80. The molecule has 16 heavy (non-hydrogen) atoms. The summed E-state index contributed by atoms with van der Waals surface area (Å²) in [4.78, 5) is 21.8. The molecule has 2 saturated heterocycles. The van der Waals surface area contributed by atoms with E-state index in [1.165, 1.54) is 0 Å². The lowest BCUT2D eigenvalue weighted by molar-refractivity contribution is -0.151. The molecule has 2 fully saturated rings. The van der Waals surface area contributed by atoms with E-state index in [0.29, 0.717) is 13.2 Å². The van der Waals surface area contributed by atoms with Crippen molar-refractivity contribution >= 4 is 11.9 Å².